The van der Waals surface area contributed by atoms with Crippen LogP contribution in [0.25, 0.3) is 0 Å². The third-order valence-corrected chi connectivity index (χ3v) is 6.48. The number of hydrogen-bond donors (Lipinski definition) is 1. The van der Waals surface area contributed by atoms with Crippen molar-refractivity contribution in [2.45, 2.75) is 31.1 Å². The van der Waals surface area contributed by atoms with Crippen LogP contribution in [-0.4, -0.2) is 47.1 Å². The van der Waals surface area contributed by atoms with Gasteiger partial charge in [0.25, 0.3) is 5.91 Å². The Labute approximate surface area is 162 Å². The average molecular weight is 388 g/mol. The monoisotopic (exact) mass is 387 g/mol. The molecule has 2 bridgehead atoms. The fourth-order valence-electron chi connectivity index (χ4n) is 5.16. The lowest BCUT2D eigenvalue weighted by Gasteiger charge is -2.29. The van der Waals surface area contributed by atoms with Crippen molar-refractivity contribution in [3.63, 3.8) is 0 Å². The molecule has 3 saturated heterocycles. The van der Waals surface area contributed by atoms with E-state index in [0.29, 0.717) is 18.4 Å². The van der Waals surface area contributed by atoms with E-state index in [4.69, 9.17) is 20.8 Å². The van der Waals surface area contributed by atoms with Gasteiger partial charge in [0.05, 0.1) is 11.7 Å². The molecule has 1 amide bonds. The Hall–Kier alpha value is -1.89. The zero-order valence-electron chi connectivity index (χ0n) is 14.9. The van der Waals surface area contributed by atoms with Gasteiger partial charge in [0.2, 0.25) is 0 Å². The van der Waals surface area contributed by atoms with Crippen LogP contribution in [0, 0.1) is 11.8 Å². The highest BCUT2D eigenvalue weighted by atomic mass is 35.5. The van der Waals surface area contributed by atoms with E-state index in [-0.39, 0.29) is 28.6 Å². The number of furan rings is 1. The van der Waals surface area contributed by atoms with E-state index < -0.39 is 0 Å². The zero-order valence-corrected chi connectivity index (χ0v) is 15.7. The molecular weight excluding hydrogens is 366 g/mol. The van der Waals surface area contributed by atoms with Crippen LogP contribution < -0.4 is 5.32 Å². The predicted molar refractivity (Wildman–Crippen MR) is 99.4 cm³/mol. The van der Waals surface area contributed by atoms with Gasteiger partial charge in [0, 0.05) is 50.4 Å². The molecule has 1 N–H and O–H groups in total. The fourth-order valence-corrected chi connectivity index (χ4v) is 5.31. The first kappa shape index (κ1) is 17.2. The first-order valence-corrected chi connectivity index (χ1v) is 9.83. The number of nitrogens with one attached hydrogen (secondary N) is 1. The summed E-state index contributed by atoms with van der Waals surface area (Å²) in [6.07, 6.45) is 6.16. The van der Waals surface area contributed by atoms with Crippen LogP contribution in [0.15, 0.2) is 41.1 Å². The Morgan fingerprint density at radius 1 is 1.41 bits per heavy atom. The Kier molecular flexibility index (Phi) is 4.22. The number of nitrogens with zero attached hydrogens (tertiary/aromatic N) is 2. The molecule has 0 aliphatic carbocycles. The number of pyridine rings is 1. The van der Waals surface area contributed by atoms with Crippen LogP contribution in [0.3, 0.4) is 0 Å². The van der Waals surface area contributed by atoms with Gasteiger partial charge in [-0.1, -0.05) is 6.07 Å². The van der Waals surface area contributed by atoms with Crippen LogP contribution >= 0.6 is 11.6 Å². The van der Waals surface area contributed by atoms with Gasteiger partial charge < -0.3 is 14.5 Å². The Morgan fingerprint density at radius 3 is 3.11 bits per heavy atom. The third-order valence-electron chi connectivity index (χ3n) is 6.28. The molecule has 3 fully saturated rings. The molecule has 5 heterocycles. The number of carbonyl (C=O) groups is 1. The van der Waals surface area contributed by atoms with Crippen molar-refractivity contribution >= 4 is 17.5 Å². The molecule has 4 atom stereocenters. The van der Waals surface area contributed by atoms with Crippen molar-refractivity contribution in [2.24, 2.45) is 11.8 Å². The normalized spacial score (nSPS) is 32.0. The highest BCUT2D eigenvalue weighted by Gasteiger charge is 2.62. The number of amides is 1. The SMILES string of the molecule is O=C(NC[C@H]1[C@H]2CN(Cc3cccnc3)C[C@]23CC[C@H]1O3)c1ccc(Cl)o1. The van der Waals surface area contributed by atoms with E-state index in [0.717, 1.165) is 32.5 Å². The Bertz CT molecular complexity index is 842. The minimum Gasteiger partial charge on any atom is -0.440 e. The maximum Gasteiger partial charge on any atom is 0.287 e. The van der Waals surface area contributed by atoms with E-state index in [1.807, 2.05) is 12.3 Å². The maximum atomic E-state index is 12.3. The summed E-state index contributed by atoms with van der Waals surface area (Å²) in [4.78, 5) is 19.0. The molecule has 6 nitrogen and oxygen atoms in total. The second kappa shape index (κ2) is 6.62. The lowest BCUT2D eigenvalue weighted by atomic mass is 9.73. The summed E-state index contributed by atoms with van der Waals surface area (Å²) in [5.41, 5.74) is 1.18. The lowest BCUT2D eigenvalue weighted by Crippen LogP contribution is -2.41. The van der Waals surface area contributed by atoms with Gasteiger partial charge >= 0.3 is 0 Å². The van der Waals surface area contributed by atoms with Crippen molar-refractivity contribution in [3.8, 4) is 0 Å². The first-order valence-electron chi connectivity index (χ1n) is 9.46. The van der Waals surface area contributed by atoms with Gasteiger partial charge in [-0.3, -0.25) is 14.7 Å². The quantitative estimate of drug-likeness (QED) is 0.854. The fraction of sp³-hybridized carbons (Fsp3) is 0.500. The Morgan fingerprint density at radius 2 is 2.33 bits per heavy atom. The van der Waals surface area contributed by atoms with Gasteiger partial charge in [0.15, 0.2) is 11.0 Å². The van der Waals surface area contributed by atoms with Gasteiger partial charge in [0.1, 0.15) is 0 Å². The summed E-state index contributed by atoms with van der Waals surface area (Å²) in [7, 11) is 0. The van der Waals surface area contributed by atoms with E-state index >= 15 is 0 Å². The van der Waals surface area contributed by atoms with E-state index in [2.05, 4.69) is 21.3 Å². The summed E-state index contributed by atoms with van der Waals surface area (Å²) < 4.78 is 11.7. The summed E-state index contributed by atoms with van der Waals surface area (Å²) in [5, 5.41) is 3.24. The van der Waals surface area contributed by atoms with Crippen LogP contribution in [0.5, 0.6) is 0 Å². The molecule has 3 aliphatic heterocycles. The largest absolute Gasteiger partial charge is 0.440 e. The number of aromatic nitrogens is 1. The summed E-state index contributed by atoms with van der Waals surface area (Å²) in [5.74, 6) is 0.827. The molecule has 7 heteroatoms. The van der Waals surface area contributed by atoms with Gasteiger partial charge in [-0.15, -0.1) is 0 Å². The number of likely N-dealkylation sites (tertiary alicyclic amines) is 1. The number of rotatable bonds is 5. The second-order valence-electron chi connectivity index (χ2n) is 7.87. The minimum atomic E-state index is -0.219. The number of fused-ring (bicyclic) bond motifs is 1. The summed E-state index contributed by atoms with van der Waals surface area (Å²) >= 11 is 5.76. The van der Waals surface area contributed by atoms with Crippen molar-refractivity contribution in [1.82, 2.24) is 15.2 Å². The molecule has 2 aromatic rings. The second-order valence-corrected chi connectivity index (χ2v) is 8.25. The number of ether oxygens (including phenoxy) is 1. The average Bonchev–Trinajstić information content (AvgIpc) is 3.41. The molecule has 0 aromatic carbocycles. The van der Waals surface area contributed by atoms with Gasteiger partial charge in [-0.25, -0.2) is 0 Å². The van der Waals surface area contributed by atoms with Gasteiger partial charge in [-0.2, -0.15) is 0 Å². The molecule has 142 valence electrons. The summed E-state index contributed by atoms with van der Waals surface area (Å²) in [6.45, 7) is 3.46. The lowest BCUT2D eigenvalue weighted by molar-refractivity contribution is 0.00211. The first-order chi connectivity index (χ1) is 13.1. The third kappa shape index (κ3) is 3.06. The van der Waals surface area contributed by atoms with E-state index in [1.54, 1.807) is 18.3 Å². The van der Waals surface area contributed by atoms with Crippen molar-refractivity contribution in [3.05, 3.63) is 53.2 Å². The van der Waals surface area contributed by atoms with E-state index in [9.17, 15) is 4.79 Å². The maximum absolute atomic E-state index is 12.3. The smallest absolute Gasteiger partial charge is 0.287 e. The summed E-state index contributed by atoms with van der Waals surface area (Å²) in [6, 6.07) is 7.27. The van der Waals surface area contributed by atoms with Crippen molar-refractivity contribution < 1.29 is 13.9 Å². The Balaban J connectivity index is 1.25. The zero-order chi connectivity index (χ0) is 18.4. The standard InChI is InChI=1S/C20H22ClN3O3/c21-18-4-3-17(26-18)19(25)23-9-14-15-11-24(10-13-2-1-7-22-8-13)12-20(15)6-5-16(14)27-20/h1-4,7-8,14-16H,5-6,9-12H2,(H,23,25)/t14-,15+,16+,20+/m0/s1. The van der Waals surface area contributed by atoms with Crippen molar-refractivity contribution in [2.75, 3.05) is 19.6 Å². The van der Waals surface area contributed by atoms with Crippen LogP contribution in [0.2, 0.25) is 5.22 Å². The molecular formula is C20H22ClN3O3. The van der Waals surface area contributed by atoms with Crippen LogP contribution in [0.1, 0.15) is 29.0 Å². The molecule has 5 rings (SSSR count). The molecule has 27 heavy (non-hydrogen) atoms. The molecule has 0 unspecified atom stereocenters. The van der Waals surface area contributed by atoms with Crippen molar-refractivity contribution in [1.29, 1.82) is 0 Å². The highest BCUT2D eigenvalue weighted by molar-refractivity contribution is 6.29. The molecule has 0 saturated carbocycles. The molecule has 3 aliphatic rings. The number of halogens is 1. The topological polar surface area (TPSA) is 67.6 Å². The highest BCUT2D eigenvalue weighted by Crippen LogP contribution is 2.54. The van der Waals surface area contributed by atoms with Gasteiger partial charge in [-0.05, 0) is 48.2 Å². The molecule has 2 aromatic heterocycles. The number of hydrogen-bond acceptors (Lipinski definition) is 5. The minimum absolute atomic E-state index is 0.0454. The predicted octanol–water partition coefficient (Wildman–Crippen LogP) is 2.74. The van der Waals surface area contributed by atoms with E-state index in [1.165, 1.54) is 5.56 Å². The van der Waals surface area contributed by atoms with Crippen LogP contribution in [-0.2, 0) is 11.3 Å². The molecule has 1 spiro atoms. The number of carbonyl (C=O) groups excluding carboxylic acids is 1. The molecule has 0 radical (unpaired) electrons. The van der Waals surface area contributed by atoms with Crippen LogP contribution in [0.4, 0.5) is 0 Å².